The molecule has 0 aliphatic heterocycles. The van der Waals surface area contributed by atoms with Crippen LogP contribution in [0.4, 0.5) is 0 Å². The molecule has 0 spiro atoms. The van der Waals surface area contributed by atoms with Crippen molar-refractivity contribution in [3.8, 4) is 0 Å². The Labute approximate surface area is 123 Å². The van der Waals surface area contributed by atoms with Gasteiger partial charge in [0.2, 0.25) is 0 Å². The number of carbonyl (C=O) groups is 1. The average Bonchev–Trinajstić information content (AvgIpc) is 2.40. The molecule has 0 fully saturated rings. The third kappa shape index (κ3) is 8.51. The SMILES string of the molecule is CCCNC(C)(CCOCCOC(C)C)C(=O)OCC. The van der Waals surface area contributed by atoms with Gasteiger partial charge in [-0.25, -0.2) is 0 Å². The Balaban J connectivity index is 4.06. The molecule has 1 atom stereocenters. The number of hydrogen-bond donors (Lipinski definition) is 1. The number of esters is 1. The molecule has 0 aromatic heterocycles. The van der Waals surface area contributed by atoms with Crippen LogP contribution < -0.4 is 5.32 Å². The second kappa shape index (κ2) is 11.1. The molecule has 1 unspecified atom stereocenters. The Kier molecular flexibility index (Phi) is 10.7. The van der Waals surface area contributed by atoms with E-state index in [1.54, 1.807) is 0 Å². The second-order valence-corrected chi connectivity index (χ2v) is 5.26. The number of hydrogen-bond acceptors (Lipinski definition) is 5. The molecule has 0 aliphatic rings. The number of rotatable bonds is 12. The Bertz CT molecular complexity index is 258. The van der Waals surface area contributed by atoms with Crippen molar-refractivity contribution < 1.29 is 19.0 Å². The minimum Gasteiger partial charge on any atom is -0.465 e. The van der Waals surface area contributed by atoms with E-state index in [0.717, 1.165) is 13.0 Å². The minimum atomic E-state index is -0.676. The van der Waals surface area contributed by atoms with E-state index in [-0.39, 0.29) is 12.1 Å². The Hall–Kier alpha value is -0.650. The zero-order chi connectivity index (χ0) is 15.4. The van der Waals surface area contributed by atoms with Crippen molar-refractivity contribution in [3.05, 3.63) is 0 Å². The summed E-state index contributed by atoms with van der Waals surface area (Å²) in [6.07, 6.45) is 1.78. The highest BCUT2D eigenvalue weighted by molar-refractivity contribution is 5.80. The van der Waals surface area contributed by atoms with Crippen LogP contribution in [0.1, 0.15) is 47.5 Å². The fourth-order valence-corrected chi connectivity index (χ4v) is 1.67. The molecule has 0 aliphatic carbocycles. The van der Waals surface area contributed by atoms with E-state index in [9.17, 15) is 4.79 Å². The van der Waals surface area contributed by atoms with Crippen molar-refractivity contribution in [3.63, 3.8) is 0 Å². The summed E-state index contributed by atoms with van der Waals surface area (Å²) >= 11 is 0. The maximum atomic E-state index is 12.0. The van der Waals surface area contributed by atoms with Gasteiger partial charge in [0.05, 0.1) is 25.9 Å². The third-order valence-corrected chi connectivity index (χ3v) is 2.92. The first-order valence-electron chi connectivity index (χ1n) is 7.57. The lowest BCUT2D eigenvalue weighted by atomic mass is 9.98. The van der Waals surface area contributed by atoms with Crippen molar-refractivity contribution >= 4 is 5.97 Å². The fraction of sp³-hybridized carbons (Fsp3) is 0.933. The summed E-state index contributed by atoms with van der Waals surface area (Å²) in [4.78, 5) is 12.0. The number of nitrogens with one attached hydrogen (secondary N) is 1. The van der Waals surface area contributed by atoms with Crippen LogP contribution >= 0.6 is 0 Å². The molecule has 0 rings (SSSR count). The fourth-order valence-electron chi connectivity index (χ4n) is 1.67. The third-order valence-electron chi connectivity index (χ3n) is 2.92. The maximum Gasteiger partial charge on any atom is 0.326 e. The first-order chi connectivity index (χ1) is 9.46. The predicted octanol–water partition coefficient (Wildman–Crippen LogP) is 2.14. The van der Waals surface area contributed by atoms with Gasteiger partial charge < -0.3 is 19.5 Å². The molecule has 5 heteroatoms. The largest absolute Gasteiger partial charge is 0.465 e. The summed E-state index contributed by atoms with van der Waals surface area (Å²) in [5.74, 6) is -0.213. The van der Waals surface area contributed by atoms with Crippen LogP contribution in [0, 0.1) is 0 Å². The summed E-state index contributed by atoms with van der Waals surface area (Å²) in [5.41, 5.74) is -0.676. The lowest BCUT2D eigenvalue weighted by Crippen LogP contribution is -2.51. The zero-order valence-electron chi connectivity index (χ0n) is 13.7. The van der Waals surface area contributed by atoms with Gasteiger partial charge in [-0.3, -0.25) is 4.79 Å². The van der Waals surface area contributed by atoms with Crippen molar-refractivity contribution in [1.82, 2.24) is 5.32 Å². The van der Waals surface area contributed by atoms with E-state index in [1.165, 1.54) is 0 Å². The van der Waals surface area contributed by atoms with Gasteiger partial charge in [0, 0.05) is 6.61 Å². The van der Waals surface area contributed by atoms with E-state index >= 15 is 0 Å². The van der Waals surface area contributed by atoms with E-state index in [2.05, 4.69) is 12.2 Å². The van der Waals surface area contributed by atoms with Crippen LogP contribution in [-0.2, 0) is 19.0 Å². The summed E-state index contributed by atoms with van der Waals surface area (Å²) in [5, 5.41) is 3.25. The highest BCUT2D eigenvalue weighted by Crippen LogP contribution is 2.13. The first-order valence-corrected chi connectivity index (χ1v) is 7.57. The molecule has 0 saturated carbocycles. The Morgan fingerprint density at radius 3 is 2.45 bits per heavy atom. The quantitative estimate of drug-likeness (QED) is 0.440. The summed E-state index contributed by atoms with van der Waals surface area (Å²) in [6, 6.07) is 0. The number of ether oxygens (including phenoxy) is 3. The van der Waals surface area contributed by atoms with Crippen LogP contribution in [-0.4, -0.2) is 50.6 Å². The highest BCUT2D eigenvalue weighted by atomic mass is 16.5. The van der Waals surface area contributed by atoms with Crippen LogP contribution in [0.5, 0.6) is 0 Å². The molecule has 5 nitrogen and oxygen atoms in total. The monoisotopic (exact) mass is 289 g/mol. The summed E-state index contributed by atoms with van der Waals surface area (Å²) < 4.78 is 16.0. The van der Waals surface area contributed by atoms with E-state index in [1.807, 2.05) is 27.7 Å². The first kappa shape index (κ1) is 19.4. The van der Waals surface area contributed by atoms with Gasteiger partial charge in [0.15, 0.2) is 0 Å². The molecule has 0 aromatic rings. The molecular weight excluding hydrogens is 258 g/mol. The number of carbonyl (C=O) groups excluding carboxylic acids is 1. The van der Waals surface area contributed by atoms with Crippen LogP contribution in [0.2, 0.25) is 0 Å². The van der Waals surface area contributed by atoms with Crippen molar-refractivity contribution in [2.24, 2.45) is 0 Å². The van der Waals surface area contributed by atoms with E-state index < -0.39 is 5.54 Å². The molecule has 0 amide bonds. The average molecular weight is 289 g/mol. The molecule has 0 bridgehead atoms. The maximum absolute atomic E-state index is 12.0. The van der Waals surface area contributed by atoms with Crippen LogP contribution in [0.3, 0.4) is 0 Å². The minimum absolute atomic E-state index is 0.213. The summed E-state index contributed by atoms with van der Waals surface area (Å²) in [7, 11) is 0. The van der Waals surface area contributed by atoms with Gasteiger partial charge in [-0.15, -0.1) is 0 Å². The van der Waals surface area contributed by atoms with E-state index in [0.29, 0.717) is 32.8 Å². The molecule has 0 aromatic carbocycles. The molecular formula is C15H31NO4. The molecule has 120 valence electrons. The Morgan fingerprint density at radius 2 is 1.90 bits per heavy atom. The van der Waals surface area contributed by atoms with Crippen molar-refractivity contribution in [2.45, 2.75) is 59.1 Å². The zero-order valence-corrected chi connectivity index (χ0v) is 13.7. The molecule has 0 radical (unpaired) electrons. The van der Waals surface area contributed by atoms with E-state index in [4.69, 9.17) is 14.2 Å². The molecule has 0 saturated heterocycles. The van der Waals surface area contributed by atoms with Gasteiger partial charge >= 0.3 is 5.97 Å². The van der Waals surface area contributed by atoms with Crippen molar-refractivity contribution in [2.75, 3.05) is 33.0 Å². The summed E-state index contributed by atoms with van der Waals surface area (Å²) in [6.45, 7) is 12.6. The second-order valence-electron chi connectivity index (χ2n) is 5.26. The lowest BCUT2D eigenvalue weighted by molar-refractivity contribution is -0.151. The van der Waals surface area contributed by atoms with Gasteiger partial charge in [0.1, 0.15) is 5.54 Å². The normalized spacial score (nSPS) is 14.3. The van der Waals surface area contributed by atoms with Crippen LogP contribution in [0.15, 0.2) is 0 Å². The molecule has 1 N–H and O–H groups in total. The van der Waals surface area contributed by atoms with Gasteiger partial charge in [0.25, 0.3) is 0 Å². The standard InChI is InChI=1S/C15H31NO4/c1-6-9-16-15(5,14(17)19-7-2)8-10-18-11-12-20-13(3)4/h13,16H,6-12H2,1-5H3. The van der Waals surface area contributed by atoms with Gasteiger partial charge in [-0.1, -0.05) is 6.92 Å². The highest BCUT2D eigenvalue weighted by Gasteiger charge is 2.33. The molecule has 20 heavy (non-hydrogen) atoms. The van der Waals surface area contributed by atoms with Crippen LogP contribution in [0.25, 0.3) is 0 Å². The van der Waals surface area contributed by atoms with Crippen molar-refractivity contribution in [1.29, 1.82) is 0 Å². The Morgan fingerprint density at radius 1 is 1.20 bits per heavy atom. The predicted molar refractivity (Wildman–Crippen MR) is 79.9 cm³/mol. The lowest BCUT2D eigenvalue weighted by Gasteiger charge is -2.28. The van der Waals surface area contributed by atoms with Gasteiger partial charge in [-0.05, 0) is 47.1 Å². The topological polar surface area (TPSA) is 56.8 Å². The molecule has 0 heterocycles. The van der Waals surface area contributed by atoms with Gasteiger partial charge in [-0.2, -0.15) is 0 Å². The smallest absolute Gasteiger partial charge is 0.326 e.